The molecule has 0 aliphatic carbocycles. The Bertz CT molecular complexity index is 339. The Morgan fingerprint density at radius 3 is 2.67 bits per heavy atom. The molecule has 1 saturated heterocycles. The molecule has 0 radical (unpaired) electrons. The molecule has 0 spiro atoms. The van der Waals surface area contributed by atoms with Crippen LogP contribution in [-0.2, 0) is 4.79 Å². The minimum atomic E-state index is -0.270. The van der Waals surface area contributed by atoms with E-state index in [0.29, 0.717) is 6.42 Å². The summed E-state index contributed by atoms with van der Waals surface area (Å²) in [5.74, 6) is 0.287. The zero-order valence-corrected chi connectivity index (χ0v) is 12.3. The van der Waals surface area contributed by atoms with Gasteiger partial charge in [-0.1, -0.05) is 13.8 Å². The van der Waals surface area contributed by atoms with E-state index in [1.54, 1.807) is 0 Å². The van der Waals surface area contributed by atoms with Gasteiger partial charge in [0.1, 0.15) is 0 Å². The first kappa shape index (κ1) is 15.0. The average molecular weight is 250 g/mol. The van der Waals surface area contributed by atoms with E-state index in [2.05, 4.69) is 19.9 Å². The molecule has 102 valence electrons. The van der Waals surface area contributed by atoms with Crippen molar-refractivity contribution in [3.8, 4) is 6.07 Å². The summed E-state index contributed by atoms with van der Waals surface area (Å²) in [5.41, 5.74) is 0.0184. The van der Waals surface area contributed by atoms with Crippen molar-refractivity contribution in [1.82, 2.24) is 4.90 Å². The van der Waals surface area contributed by atoms with Gasteiger partial charge in [0.2, 0.25) is 5.91 Å². The van der Waals surface area contributed by atoms with Gasteiger partial charge in [-0.3, -0.25) is 4.79 Å². The average Bonchev–Trinajstić information content (AvgIpc) is 2.41. The minimum absolute atomic E-state index is 0.270. The highest BCUT2D eigenvalue weighted by atomic mass is 16.2. The topological polar surface area (TPSA) is 44.1 Å². The van der Waals surface area contributed by atoms with Crippen LogP contribution in [0, 0.1) is 22.2 Å². The molecule has 0 bridgehead atoms. The van der Waals surface area contributed by atoms with Gasteiger partial charge in [0, 0.05) is 19.5 Å². The first-order valence-electron chi connectivity index (χ1n) is 6.95. The maximum Gasteiger partial charge on any atom is 0.222 e. The summed E-state index contributed by atoms with van der Waals surface area (Å²) in [6.07, 6.45) is 4.53. The number of amides is 1. The quantitative estimate of drug-likeness (QED) is 0.768. The molecule has 0 atom stereocenters. The number of carbonyl (C=O) groups is 1. The lowest BCUT2D eigenvalue weighted by Gasteiger charge is -2.24. The van der Waals surface area contributed by atoms with Gasteiger partial charge in [-0.15, -0.1) is 0 Å². The Labute approximate surface area is 111 Å². The first-order valence-corrected chi connectivity index (χ1v) is 6.95. The first-order chi connectivity index (χ1) is 8.26. The summed E-state index contributed by atoms with van der Waals surface area (Å²) in [6, 6.07) is 2.31. The standard InChI is InChI=1S/C15H26N2O/c1-14(2)8-6-13(18)17(11-9-14)10-5-7-15(3,4)12-16/h5-11H2,1-4H3. The molecule has 3 heteroatoms. The van der Waals surface area contributed by atoms with Crippen LogP contribution in [0.2, 0.25) is 0 Å². The van der Waals surface area contributed by atoms with E-state index >= 15 is 0 Å². The van der Waals surface area contributed by atoms with E-state index in [-0.39, 0.29) is 16.7 Å². The number of hydrogen-bond donors (Lipinski definition) is 0. The number of carbonyl (C=O) groups excluding carboxylic acids is 1. The van der Waals surface area contributed by atoms with Gasteiger partial charge < -0.3 is 4.90 Å². The van der Waals surface area contributed by atoms with Crippen molar-refractivity contribution in [2.24, 2.45) is 10.8 Å². The molecule has 1 rings (SSSR count). The molecule has 1 aliphatic rings. The van der Waals surface area contributed by atoms with Crippen molar-refractivity contribution >= 4 is 5.91 Å². The van der Waals surface area contributed by atoms with E-state index in [4.69, 9.17) is 5.26 Å². The van der Waals surface area contributed by atoms with Crippen LogP contribution in [0.4, 0.5) is 0 Å². The van der Waals surface area contributed by atoms with Crippen LogP contribution in [0.25, 0.3) is 0 Å². The van der Waals surface area contributed by atoms with Crippen molar-refractivity contribution < 1.29 is 4.79 Å². The van der Waals surface area contributed by atoms with Crippen molar-refractivity contribution in [3.63, 3.8) is 0 Å². The van der Waals surface area contributed by atoms with E-state index in [1.165, 1.54) is 0 Å². The Morgan fingerprint density at radius 1 is 1.39 bits per heavy atom. The fourth-order valence-electron chi connectivity index (χ4n) is 2.30. The molecule has 1 heterocycles. The van der Waals surface area contributed by atoms with Gasteiger partial charge >= 0.3 is 0 Å². The molecule has 0 aromatic carbocycles. The summed E-state index contributed by atoms with van der Waals surface area (Å²) >= 11 is 0. The van der Waals surface area contributed by atoms with Gasteiger partial charge in [0.15, 0.2) is 0 Å². The number of nitriles is 1. The highest BCUT2D eigenvalue weighted by Gasteiger charge is 2.27. The van der Waals surface area contributed by atoms with E-state index in [0.717, 1.165) is 38.8 Å². The molecule has 0 aromatic rings. The van der Waals surface area contributed by atoms with Gasteiger partial charge in [0.05, 0.1) is 11.5 Å². The molecular weight excluding hydrogens is 224 g/mol. The van der Waals surface area contributed by atoms with Crippen molar-refractivity contribution in [1.29, 1.82) is 5.26 Å². The van der Waals surface area contributed by atoms with Gasteiger partial charge in [-0.2, -0.15) is 5.26 Å². The summed E-state index contributed by atoms with van der Waals surface area (Å²) in [5, 5.41) is 8.97. The third kappa shape index (κ3) is 4.68. The Balaban J connectivity index is 2.43. The largest absolute Gasteiger partial charge is 0.343 e. The van der Waals surface area contributed by atoms with Crippen LogP contribution >= 0.6 is 0 Å². The highest BCUT2D eigenvalue weighted by molar-refractivity contribution is 5.76. The van der Waals surface area contributed by atoms with Crippen LogP contribution < -0.4 is 0 Å². The van der Waals surface area contributed by atoms with Crippen LogP contribution in [0.1, 0.15) is 59.8 Å². The molecule has 1 aliphatic heterocycles. The third-order valence-corrected chi connectivity index (χ3v) is 3.96. The Morgan fingerprint density at radius 2 is 2.06 bits per heavy atom. The number of rotatable bonds is 4. The normalized spacial score (nSPS) is 20.4. The molecule has 3 nitrogen and oxygen atoms in total. The lowest BCUT2D eigenvalue weighted by atomic mass is 9.85. The smallest absolute Gasteiger partial charge is 0.222 e. The van der Waals surface area contributed by atoms with Gasteiger partial charge in [-0.25, -0.2) is 0 Å². The highest BCUT2D eigenvalue weighted by Crippen LogP contribution is 2.30. The minimum Gasteiger partial charge on any atom is -0.343 e. The molecule has 1 fully saturated rings. The monoisotopic (exact) mass is 250 g/mol. The molecule has 1 amide bonds. The summed E-state index contributed by atoms with van der Waals surface area (Å²) in [6.45, 7) is 10.1. The zero-order valence-electron chi connectivity index (χ0n) is 12.3. The summed E-state index contributed by atoms with van der Waals surface area (Å²) < 4.78 is 0. The lowest BCUT2D eigenvalue weighted by molar-refractivity contribution is -0.130. The fourth-order valence-corrected chi connectivity index (χ4v) is 2.30. The maximum absolute atomic E-state index is 12.0. The third-order valence-electron chi connectivity index (χ3n) is 3.96. The molecular formula is C15H26N2O. The van der Waals surface area contributed by atoms with Crippen molar-refractivity contribution in [2.75, 3.05) is 13.1 Å². The molecule has 18 heavy (non-hydrogen) atoms. The number of hydrogen-bond acceptors (Lipinski definition) is 2. The number of nitrogens with zero attached hydrogens (tertiary/aromatic N) is 2. The van der Waals surface area contributed by atoms with Crippen LogP contribution in [0.3, 0.4) is 0 Å². The fraction of sp³-hybridized carbons (Fsp3) is 0.867. The second-order valence-electron chi connectivity index (χ2n) is 6.89. The Hall–Kier alpha value is -1.04. The SMILES string of the molecule is CC(C)(C#N)CCCN1CCC(C)(C)CCC1=O. The van der Waals surface area contributed by atoms with Crippen molar-refractivity contribution in [2.45, 2.75) is 59.8 Å². The van der Waals surface area contributed by atoms with Gasteiger partial charge in [-0.05, 0) is 44.9 Å². The molecule has 0 saturated carbocycles. The van der Waals surface area contributed by atoms with E-state index in [1.807, 2.05) is 18.7 Å². The second-order valence-corrected chi connectivity index (χ2v) is 6.89. The Kier molecular flexibility index (Phi) is 4.78. The van der Waals surface area contributed by atoms with Crippen LogP contribution in [0.15, 0.2) is 0 Å². The van der Waals surface area contributed by atoms with Crippen LogP contribution in [-0.4, -0.2) is 23.9 Å². The van der Waals surface area contributed by atoms with Gasteiger partial charge in [0.25, 0.3) is 0 Å². The maximum atomic E-state index is 12.0. The second kappa shape index (κ2) is 5.73. The summed E-state index contributed by atoms with van der Waals surface area (Å²) in [7, 11) is 0. The predicted octanol–water partition coefficient (Wildman–Crippen LogP) is 3.36. The zero-order chi connectivity index (χ0) is 13.8. The summed E-state index contributed by atoms with van der Waals surface area (Å²) in [4.78, 5) is 14.0. The molecule has 0 unspecified atom stereocenters. The van der Waals surface area contributed by atoms with E-state index in [9.17, 15) is 4.79 Å². The predicted molar refractivity (Wildman–Crippen MR) is 72.8 cm³/mol. The molecule has 0 aromatic heterocycles. The van der Waals surface area contributed by atoms with Crippen LogP contribution in [0.5, 0.6) is 0 Å². The lowest BCUT2D eigenvalue weighted by Crippen LogP contribution is -2.32. The molecule has 0 N–H and O–H groups in total. The van der Waals surface area contributed by atoms with E-state index < -0.39 is 0 Å². The van der Waals surface area contributed by atoms with Crippen molar-refractivity contribution in [3.05, 3.63) is 0 Å². The number of likely N-dealkylation sites (tertiary alicyclic amines) is 1.